The fraction of sp³-hybridized carbons (Fsp3) is 0.200. The van der Waals surface area contributed by atoms with Crippen LogP contribution in [0.15, 0.2) is 72.8 Å². The van der Waals surface area contributed by atoms with Crippen LogP contribution in [-0.4, -0.2) is 11.8 Å². The van der Waals surface area contributed by atoms with Crippen LogP contribution in [-0.2, 0) is 15.0 Å². The van der Waals surface area contributed by atoms with E-state index in [1.165, 1.54) is 23.1 Å². The second kappa shape index (κ2) is 5.41. The molecular formula is C25H18FNO2. The molecule has 2 amide bonds. The third kappa shape index (κ3) is 1.87. The zero-order valence-corrected chi connectivity index (χ0v) is 15.8. The van der Waals surface area contributed by atoms with Crippen LogP contribution in [0.4, 0.5) is 10.1 Å². The van der Waals surface area contributed by atoms with Gasteiger partial charge in [0.05, 0.1) is 17.5 Å². The van der Waals surface area contributed by atoms with Gasteiger partial charge >= 0.3 is 0 Å². The maximum absolute atomic E-state index is 13.9. The van der Waals surface area contributed by atoms with Crippen molar-refractivity contribution in [2.45, 2.75) is 18.3 Å². The van der Waals surface area contributed by atoms with Gasteiger partial charge in [-0.15, -0.1) is 0 Å². The second-order valence-electron chi connectivity index (χ2n) is 8.35. The summed E-state index contributed by atoms with van der Waals surface area (Å²) in [6, 6.07) is 22.0. The van der Waals surface area contributed by atoms with E-state index in [4.69, 9.17) is 0 Å². The summed E-state index contributed by atoms with van der Waals surface area (Å²) < 4.78 is 13.9. The molecule has 29 heavy (non-hydrogen) atoms. The molecule has 2 bridgehead atoms. The summed E-state index contributed by atoms with van der Waals surface area (Å²) in [7, 11) is 0. The lowest BCUT2D eigenvalue weighted by atomic mass is 9.48. The van der Waals surface area contributed by atoms with Gasteiger partial charge in [-0.2, -0.15) is 0 Å². The van der Waals surface area contributed by atoms with Gasteiger partial charge in [0.2, 0.25) is 11.8 Å². The van der Waals surface area contributed by atoms with Gasteiger partial charge in [-0.1, -0.05) is 61.5 Å². The van der Waals surface area contributed by atoms with Gasteiger partial charge in [-0.05, 0) is 40.5 Å². The first-order valence-corrected chi connectivity index (χ1v) is 9.85. The smallest absolute Gasteiger partial charge is 0.238 e. The summed E-state index contributed by atoms with van der Waals surface area (Å²) >= 11 is 0. The minimum atomic E-state index is -0.596. The number of benzene rings is 3. The van der Waals surface area contributed by atoms with Crippen molar-refractivity contribution in [1.29, 1.82) is 0 Å². The van der Waals surface area contributed by atoms with Gasteiger partial charge in [0.15, 0.2) is 0 Å². The lowest BCUT2D eigenvalue weighted by molar-refractivity contribution is -0.123. The van der Waals surface area contributed by atoms with Crippen molar-refractivity contribution in [3.05, 3.63) is 101 Å². The molecule has 0 unspecified atom stereocenters. The van der Waals surface area contributed by atoms with Crippen molar-refractivity contribution in [1.82, 2.24) is 0 Å². The predicted molar refractivity (Wildman–Crippen MR) is 107 cm³/mol. The van der Waals surface area contributed by atoms with E-state index in [0.717, 1.165) is 22.3 Å². The Balaban J connectivity index is 1.63. The van der Waals surface area contributed by atoms with Crippen LogP contribution < -0.4 is 4.90 Å². The highest BCUT2D eigenvalue weighted by Gasteiger charge is 2.66. The average Bonchev–Trinajstić information content (AvgIpc) is 3.00. The SMILES string of the molecule is CC12c3ccccc3C(c3ccccc31)[C@H]1C(=O)N(c3cccc(F)c3)C(=O)[C@H]12. The van der Waals surface area contributed by atoms with Crippen molar-refractivity contribution in [2.24, 2.45) is 11.8 Å². The van der Waals surface area contributed by atoms with Crippen LogP contribution in [0.3, 0.4) is 0 Å². The maximum atomic E-state index is 13.9. The van der Waals surface area contributed by atoms with Crippen molar-refractivity contribution in [3.63, 3.8) is 0 Å². The molecule has 4 heteroatoms. The Morgan fingerprint density at radius 2 is 1.45 bits per heavy atom. The third-order valence-corrected chi connectivity index (χ3v) is 7.11. The zero-order chi connectivity index (χ0) is 19.9. The number of anilines is 1. The molecule has 2 atom stereocenters. The van der Waals surface area contributed by atoms with E-state index >= 15 is 0 Å². The highest BCUT2D eigenvalue weighted by atomic mass is 19.1. The molecule has 3 aromatic carbocycles. The van der Waals surface area contributed by atoms with Gasteiger partial charge in [0.25, 0.3) is 0 Å². The van der Waals surface area contributed by atoms with Crippen LogP contribution in [0.2, 0.25) is 0 Å². The monoisotopic (exact) mass is 383 g/mol. The van der Waals surface area contributed by atoms with E-state index in [1.54, 1.807) is 6.07 Å². The van der Waals surface area contributed by atoms with Gasteiger partial charge in [0, 0.05) is 11.3 Å². The molecule has 3 aromatic rings. The Labute approximate surface area is 167 Å². The lowest BCUT2D eigenvalue weighted by Crippen LogP contribution is -2.51. The summed E-state index contributed by atoms with van der Waals surface area (Å²) in [5.74, 6) is -2.05. The molecule has 1 heterocycles. The minimum absolute atomic E-state index is 0.163. The number of nitrogens with zero attached hydrogens (tertiary/aromatic N) is 1. The Bertz CT molecular complexity index is 1170. The Morgan fingerprint density at radius 1 is 0.828 bits per heavy atom. The molecule has 3 nitrogen and oxygen atoms in total. The molecule has 1 fully saturated rings. The zero-order valence-electron chi connectivity index (χ0n) is 15.8. The number of hydrogen-bond donors (Lipinski definition) is 0. The molecule has 0 saturated carbocycles. The van der Waals surface area contributed by atoms with E-state index < -0.39 is 23.1 Å². The standard InChI is InChI=1S/C25H18FNO2/c1-25-18-11-4-2-9-16(18)20(17-10-3-5-12-19(17)25)21-22(25)24(29)27(23(21)28)15-8-6-7-14(26)13-15/h2-13,20-22H,1H3/t20?,21-,22+,25?/m1/s1. The first kappa shape index (κ1) is 16.7. The molecule has 4 aliphatic rings. The first-order chi connectivity index (χ1) is 14.0. The van der Waals surface area contributed by atoms with Gasteiger partial charge in [0.1, 0.15) is 5.82 Å². The Morgan fingerprint density at radius 3 is 2.07 bits per heavy atom. The summed E-state index contributed by atoms with van der Waals surface area (Å²) in [4.78, 5) is 28.5. The van der Waals surface area contributed by atoms with Crippen molar-refractivity contribution in [3.8, 4) is 0 Å². The number of hydrogen-bond acceptors (Lipinski definition) is 2. The van der Waals surface area contributed by atoms with E-state index in [2.05, 4.69) is 31.2 Å². The van der Waals surface area contributed by atoms with Gasteiger partial charge in [-0.25, -0.2) is 9.29 Å². The van der Waals surface area contributed by atoms with Gasteiger partial charge < -0.3 is 0 Å². The Hall–Kier alpha value is -3.27. The molecule has 3 aliphatic carbocycles. The normalized spacial score (nSPS) is 28.9. The van der Waals surface area contributed by atoms with E-state index in [-0.39, 0.29) is 17.7 Å². The van der Waals surface area contributed by atoms with Crippen LogP contribution in [0.5, 0.6) is 0 Å². The topological polar surface area (TPSA) is 37.4 Å². The number of carbonyl (C=O) groups is 2. The Kier molecular flexibility index (Phi) is 3.11. The van der Waals surface area contributed by atoms with E-state index in [9.17, 15) is 14.0 Å². The second-order valence-corrected chi connectivity index (χ2v) is 8.35. The molecule has 0 N–H and O–H groups in total. The third-order valence-electron chi connectivity index (χ3n) is 7.11. The number of halogens is 1. The molecular weight excluding hydrogens is 365 g/mol. The molecule has 1 saturated heterocycles. The molecule has 7 rings (SSSR count). The largest absolute Gasteiger partial charge is 0.274 e. The number of imide groups is 1. The molecule has 0 radical (unpaired) electrons. The van der Waals surface area contributed by atoms with Crippen molar-refractivity contribution < 1.29 is 14.0 Å². The first-order valence-electron chi connectivity index (χ1n) is 9.85. The fourth-order valence-corrected chi connectivity index (χ4v) is 6.02. The van der Waals surface area contributed by atoms with E-state index in [0.29, 0.717) is 5.69 Å². The fourth-order valence-electron chi connectivity index (χ4n) is 6.02. The summed E-state index contributed by atoms with van der Waals surface area (Å²) in [5, 5.41) is 0. The van der Waals surface area contributed by atoms with Crippen LogP contribution in [0.25, 0.3) is 0 Å². The molecule has 1 aliphatic heterocycles. The summed E-state index contributed by atoms with van der Waals surface area (Å²) in [5.41, 5.74) is 4.20. The number of amides is 2. The van der Waals surface area contributed by atoms with Crippen LogP contribution in [0.1, 0.15) is 35.1 Å². The highest BCUT2D eigenvalue weighted by molar-refractivity contribution is 6.23. The maximum Gasteiger partial charge on any atom is 0.238 e. The minimum Gasteiger partial charge on any atom is -0.274 e. The molecule has 0 spiro atoms. The highest BCUT2D eigenvalue weighted by Crippen LogP contribution is 2.64. The van der Waals surface area contributed by atoms with Crippen molar-refractivity contribution in [2.75, 3.05) is 4.90 Å². The van der Waals surface area contributed by atoms with E-state index in [1.807, 2.05) is 24.3 Å². The number of carbonyl (C=O) groups excluding carboxylic acids is 2. The average molecular weight is 383 g/mol. The number of rotatable bonds is 1. The quantitative estimate of drug-likeness (QED) is 0.584. The van der Waals surface area contributed by atoms with Crippen LogP contribution >= 0.6 is 0 Å². The summed E-state index contributed by atoms with van der Waals surface area (Å²) in [6.07, 6.45) is 0. The van der Waals surface area contributed by atoms with Gasteiger partial charge in [-0.3, -0.25) is 9.59 Å². The summed E-state index contributed by atoms with van der Waals surface area (Å²) in [6.45, 7) is 2.08. The van der Waals surface area contributed by atoms with Crippen LogP contribution in [0, 0.1) is 17.7 Å². The predicted octanol–water partition coefficient (Wildman–Crippen LogP) is 4.40. The molecule has 0 aromatic heterocycles. The lowest BCUT2D eigenvalue weighted by Gasteiger charge is -2.52. The molecule has 142 valence electrons. The van der Waals surface area contributed by atoms with Crippen molar-refractivity contribution >= 4 is 17.5 Å².